The maximum absolute atomic E-state index is 11.8. The van der Waals surface area contributed by atoms with Gasteiger partial charge in [0, 0.05) is 11.0 Å². The quantitative estimate of drug-likeness (QED) is 0.629. The fourth-order valence-electron chi connectivity index (χ4n) is 2.25. The van der Waals surface area contributed by atoms with Gasteiger partial charge in [-0.25, -0.2) is 4.79 Å². The Hall–Kier alpha value is -1.05. The van der Waals surface area contributed by atoms with Gasteiger partial charge in [-0.15, -0.1) is 0 Å². The van der Waals surface area contributed by atoms with Gasteiger partial charge >= 0.3 is 5.97 Å². The van der Waals surface area contributed by atoms with Gasteiger partial charge in [0.2, 0.25) is 0 Å². The predicted molar refractivity (Wildman–Crippen MR) is 54.8 cm³/mol. The van der Waals surface area contributed by atoms with E-state index in [9.17, 15) is 4.79 Å². The van der Waals surface area contributed by atoms with E-state index >= 15 is 0 Å². The zero-order chi connectivity index (χ0) is 10.2. The Bertz CT molecular complexity index is 319. The van der Waals surface area contributed by atoms with Crippen molar-refractivity contribution >= 4 is 5.97 Å². The molecule has 0 unspecified atom stereocenters. The zero-order valence-electron chi connectivity index (χ0n) is 8.80. The third-order valence-electron chi connectivity index (χ3n) is 3.13. The second kappa shape index (κ2) is 3.26. The molecule has 2 heteroatoms. The van der Waals surface area contributed by atoms with Crippen molar-refractivity contribution in [3.63, 3.8) is 0 Å². The van der Waals surface area contributed by atoms with Gasteiger partial charge in [0.05, 0.1) is 6.61 Å². The molecule has 0 aromatic rings. The second-order valence-electron chi connectivity index (χ2n) is 4.17. The van der Waals surface area contributed by atoms with Crippen molar-refractivity contribution in [2.24, 2.45) is 5.41 Å². The lowest BCUT2D eigenvalue weighted by Gasteiger charge is -2.21. The Labute approximate surface area is 84.6 Å². The topological polar surface area (TPSA) is 26.3 Å². The molecule has 2 aliphatic carbocycles. The Kier molecular flexibility index (Phi) is 2.22. The molecule has 0 N–H and O–H groups in total. The van der Waals surface area contributed by atoms with Crippen LogP contribution in [0.4, 0.5) is 0 Å². The minimum atomic E-state index is -0.105. The number of hydrogen-bond acceptors (Lipinski definition) is 2. The number of ether oxygens (including phenoxy) is 1. The van der Waals surface area contributed by atoms with E-state index in [-0.39, 0.29) is 11.4 Å². The van der Waals surface area contributed by atoms with Gasteiger partial charge in [0.1, 0.15) is 0 Å². The summed E-state index contributed by atoms with van der Waals surface area (Å²) in [6.07, 6.45) is 7.50. The molecular weight excluding hydrogens is 176 g/mol. The first-order valence-corrected chi connectivity index (χ1v) is 5.24. The highest BCUT2D eigenvalue weighted by atomic mass is 16.5. The number of hydrogen-bond donors (Lipinski definition) is 0. The Morgan fingerprint density at radius 3 is 2.86 bits per heavy atom. The van der Waals surface area contributed by atoms with Crippen molar-refractivity contribution in [2.75, 3.05) is 6.61 Å². The van der Waals surface area contributed by atoms with Crippen molar-refractivity contribution < 1.29 is 9.53 Å². The zero-order valence-corrected chi connectivity index (χ0v) is 8.80. The van der Waals surface area contributed by atoms with Crippen LogP contribution >= 0.6 is 0 Å². The van der Waals surface area contributed by atoms with Crippen LogP contribution < -0.4 is 0 Å². The number of esters is 1. The van der Waals surface area contributed by atoms with Crippen LogP contribution in [0.25, 0.3) is 0 Å². The van der Waals surface area contributed by atoms with Crippen molar-refractivity contribution in [3.05, 3.63) is 23.3 Å². The molecule has 2 rings (SSSR count). The Morgan fingerprint density at radius 1 is 1.57 bits per heavy atom. The van der Waals surface area contributed by atoms with E-state index in [0.717, 1.165) is 30.4 Å². The summed E-state index contributed by atoms with van der Waals surface area (Å²) in [6.45, 7) is 4.32. The van der Waals surface area contributed by atoms with Crippen LogP contribution in [0.1, 0.15) is 33.1 Å². The smallest absolute Gasteiger partial charge is 0.334 e. The lowest BCUT2D eigenvalue weighted by atomic mass is 9.84. The molecule has 1 spiro atoms. The molecule has 0 aromatic carbocycles. The van der Waals surface area contributed by atoms with Crippen LogP contribution in [0, 0.1) is 5.41 Å². The lowest BCUT2D eigenvalue weighted by molar-refractivity contribution is -0.139. The number of rotatable bonds is 2. The van der Waals surface area contributed by atoms with Crippen molar-refractivity contribution in [3.8, 4) is 0 Å². The fraction of sp³-hybridized carbons (Fsp3) is 0.583. The molecule has 14 heavy (non-hydrogen) atoms. The molecule has 76 valence electrons. The van der Waals surface area contributed by atoms with E-state index in [1.165, 1.54) is 0 Å². The largest absolute Gasteiger partial charge is 0.463 e. The van der Waals surface area contributed by atoms with E-state index in [1.54, 1.807) is 0 Å². The average Bonchev–Trinajstić information content (AvgIpc) is 2.85. The number of allylic oxidation sites excluding steroid dienone is 3. The van der Waals surface area contributed by atoms with Crippen LogP contribution in [0.5, 0.6) is 0 Å². The third-order valence-corrected chi connectivity index (χ3v) is 3.13. The minimum Gasteiger partial charge on any atom is -0.463 e. The highest BCUT2D eigenvalue weighted by Crippen LogP contribution is 2.57. The van der Waals surface area contributed by atoms with Gasteiger partial charge < -0.3 is 4.74 Å². The molecule has 0 bridgehead atoms. The number of carbonyl (C=O) groups excluding carboxylic acids is 1. The van der Waals surface area contributed by atoms with E-state index in [2.05, 4.69) is 6.08 Å². The summed E-state index contributed by atoms with van der Waals surface area (Å²) in [5.41, 5.74) is 2.18. The molecule has 0 radical (unpaired) electrons. The SMILES string of the molecule is CCOC(=O)C1=C(C)C=CCC12CC2. The van der Waals surface area contributed by atoms with Gasteiger partial charge in [-0.3, -0.25) is 0 Å². The van der Waals surface area contributed by atoms with E-state index in [0.29, 0.717) is 6.61 Å². The molecular formula is C12H16O2. The Morgan fingerprint density at radius 2 is 2.29 bits per heavy atom. The highest BCUT2D eigenvalue weighted by molar-refractivity contribution is 5.92. The normalized spacial score (nSPS) is 22.7. The second-order valence-corrected chi connectivity index (χ2v) is 4.17. The summed E-state index contributed by atoms with van der Waals surface area (Å²) >= 11 is 0. The molecule has 0 atom stereocenters. The first-order chi connectivity index (χ1) is 6.69. The van der Waals surface area contributed by atoms with Gasteiger partial charge in [-0.1, -0.05) is 12.2 Å². The summed E-state index contributed by atoms with van der Waals surface area (Å²) in [6, 6.07) is 0. The van der Waals surface area contributed by atoms with E-state index in [1.807, 2.05) is 19.9 Å². The molecule has 1 fully saturated rings. The van der Waals surface area contributed by atoms with Gasteiger partial charge in [-0.2, -0.15) is 0 Å². The van der Waals surface area contributed by atoms with Gasteiger partial charge in [0.15, 0.2) is 0 Å². The third kappa shape index (κ3) is 1.39. The van der Waals surface area contributed by atoms with Gasteiger partial charge in [-0.05, 0) is 38.7 Å². The van der Waals surface area contributed by atoms with Crippen molar-refractivity contribution in [1.29, 1.82) is 0 Å². The first kappa shape index (κ1) is 9.50. The molecule has 0 amide bonds. The summed E-state index contributed by atoms with van der Waals surface area (Å²) in [7, 11) is 0. The van der Waals surface area contributed by atoms with Gasteiger partial charge in [0.25, 0.3) is 0 Å². The molecule has 2 aliphatic rings. The van der Waals surface area contributed by atoms with E-state index in [4.69, 9.17) is 4.74 Å². The van der Waals surface area contributed by atoms with E-state index < -0.39 is 0 Å². The van der Waals surface area contributed by atoms with Crippen LogP contribution in [-0.2, 0) is 9.53 Å². The van der Waals surface area contributed by atoms with Crippen LogP contribution in [-0.4, -0.2) is 12.6 Å². The van der Waals surface area contributed by atoms with Crippen LogP contribution in [0.2, 0.25) is 0 Å². The predicted octanol–water partition coefficient (Wildman–Crippen LogP) is 2.61. The lowest BCUT2D eigenvalue weighted by Crippen LogP contribution is -2.20. The standard InChI is InChI=1S/C12H16O2/c1-3-14-11(13)10-9(2)5-4-6-12(10)7-8-12/h4-5H,3,6-8H2,1-2H3. The Balaban J connectivity index is 2.28. The molecule has 0 saturated heterocycles. The molecule has 0 aliphatic heterocycles. The average molecular weight is 192 g/mol. The van der Waals surface area contributed by atoms with Crippen molar-refractivity contribution in [1.82, 2.24) is 0 Å². The summed E-state index contributed by atoms with van der Waals surface area (Å²) in [5, 5.41) is 0. The maximum Gasteiger partial charge on any atom is 0.334 e. The molecule has 0 aromatic heterocycles. The summed E-state index contributed by atoms with van der Waals surface area (Å²) in [5.74, 6) is -0.105. The number of carbonyl (C=O) groups is 1. The van der Waals surface area contributed by atoms with Crippen LogP contribution in [0.15, 0.2) is 23.3 Å². The summed E-state index contributed by atoms with van der Waals surface area (Å²) < 4.78 is 5.10. The van der Waals surface area contributed by atoms with Crippen molar-refractivity contribution in [2.45, 2.75) is 33.1 Å². The highest BCUT2D eigenvalue weighted by Gasteiger charge is 2.49. The first-order valence-electron chi connectivity index (χ1n) is 5.24. The minimum absolute atomic E-state index is 0.105. The molecule has 1 saturated carbocycles. The summed E-state index contributed by atoms with van der Waals surface area (Å²) in [4.78, 5) is 11.8. The monoisotopic (exact) mass is 192 g/mol. The molecule has 2 nitrogen and oxygen atoms in total. The van der Waals surface area contributed by atoms with Crippen LogP contribution in [0.3, 0.4) is 0 Å². The maximum atomic E-state index is 11.8. The molecule has 0 heterocycles. The fourth-order valence-corrected chi connectivity index (χ4v) is 2.25.